The van der Waals surface area contributed by atoms with E-state index in [1.807, 2.05) is 0 Å². The maximum absolute atomic E-state index is 12.5. The SMILES string of the molecule is CCN(CCC(=O)O)c1cc(C(F)(F)F)ccn1. The zero-order valence-electron chi connectivity index (χ0n) is 9.74. The molecule has 100 valence electrons. The molecule has 1 heterocycles. The highest BCUT2D eigenvalue weighted by Crippen LogP contribution is 2.30. The minimum absolute atomic E-state index is 0.125. The second-order valence-corrected chi connectivity index (χ2v) is 3.62. The number of anilines is 1. The van der Waals surface area contributed by atoms with Crippen LogP contribution in [0.3, 0.4) is 0 Å². The van der Waals surface area contributed by atoms with Gasteiger partial charge in [-0.25, -0.2) is 4.98 Å². The van der Waals surface area contributed by atoms with Gasteiger partial charge in [0.1, 0.15) is 5.82 Å². The zero-order chi connectivity index (χ0) is 13.8. The van der Waals surface area contributed by atoms with Crippen molar-refractivity contribution in [2.75, 3.05) is 18.0 Å². The van der Waals surface area contributed by atoms with E-state index >= 15 is 0 Å². The summed E-state index contributed by atoms with van der Waals surface area (Å²) in [5, 5.41) is 8.56. The van der Waals surface area contributed by atoms with E-state index in [1.165, 1.54) is 4.90 Å². The fraction of sp³-hybridized carbons (Fsp3) is 0.455. The van der Waals surface area contributed by atoms with E-state index < -0.39 is 17.7 Å². The van der Waals surface area contributed by atoms with Gasteiger partial charge in [0.05, 0.1) is 12.0 Å². The number of halogens is 3. The van der Waals surface area contributed by atoms with Crippen molar-refractivity contribution in [3.63, 3.8) is 0 Å². The Morgan fingerprint density at radius 3 is 2.67 bits per heavy atom. The van der Waals surface area contributed by atoms with Crippen molar-refractivity contribution < 1.29 is 23.1 Å². The number of pyridine rings is 1. The zero-order valence-corrected chi connectivity index (χ0v) is 9.74. The molecule has 0 fully saturated rings. The first-order valence-corrected chi connectivity index (χ1v) is 5.34. The summed E-state index contributed by atoms with van der Waals surface area (Å²) in [5.74, 6) is -0.867. The Balaban J connectivity index is 2.89. The van der Waals surface area contributed by atoms with Crippen molar-refractivity contribution in [1.29, 1.82) is 0 Å². The van der Waals surface area contributed by atoms with Gasteiger partial charge in [0.25, 0.3) is 0 Å². The van der Waals surface area contributed by atoms with Crippen LogP contribution in [-0.4, -0.2) is 29.1 Å². The summed E-state index contributed by atoms with van der Waals surface area (Å²) in [6.07, 6.45) is -3.50. The van der Waals surface area contributed by atoms with E-state index in [-0.39, 0.29) is 18.8 Å². The minimum Gasteiger partial charge on any atom is -0.481 e. The van der Waals surface area contributed by atoms with Crippen LogP contribution in [0.25, 0.3) is 0 Å². The second-order valence-electron chi connectivity index (χ2n) is 3.62. The molecule has 0 aliphatic rings. The monoisotopic (exact) mass is 262 g/mol. The number of alkyl halides is 3. The van der Waals surface area contributed by atoms with E-state index in [0.29, 0.717) is 6.54 Å². The first-order valence-electron chi connectivity index (χ1n) is 5.34. The number of aliphatic carboxylic acids is 1. The molecular weight excluding hydrogens is 249 g/mol. The third-order valence-electron chi connectivity index (χ3n) is 2.37. The number of carbonyl (C=O) groups is 1. The van der Waals surface area contributed by atoms with E-state index in [2.05, 4.69) is 4.98 Å². The molecule has 1 N–H and O–H groups in total. The fourth-order valence-electron chi connectivity index (χ4n) is 1.43. The molecule has 0 atom stereocenters. The van der Waals surface area contributed by atoms with E-state index in [1.54, 1.807) is 6.92 Å². The highest BCUT2D eigenvalue weighted by atomic mass is 19.4. The largest absolute Gasteiger partial charge is 0.481 e. The molecule has 0 bridgehead atoms. The summed E-state index contributed by atoms with van der Waals surface area (Å²) < 4.78 is 37.5. The van der Waals surface area contributed by atoms with Gasteiger partial charge in [-0.3, -0.25) is 4.79 Å². The molecule has 1 rings (SSSR count). The number of rotatable bonds is 5. The Hall–Kier alpha value is -1.79. The lowest BCUT2D eigenvalue weighted by molar-refractivity contribution is -0.138. The van der Waals surface area contributed by atoms with Crippen molar-refractivity contribution in [3.05, 3.63) is 23.9 Å². The summed E-state index contributed by atoms with van der Waals surface area (Å²) in [4.78, 5) is 15.8. The van der Waals surface area contributed by atoms with Gasteiger partial charge in [0.15, 0.2) is 0 Å². The average Bonchev–Trinajstić information content (AvgIpc) is 2.29. The summed E-state index contributed by atoms with van der Waals surface area (Å²) in [7, 11) is 0. The van der Waals surface area contributed by atoms with Gasteiger partial charge in [-0.2, -0.15) is 13.2 Å². The third kappa shape index (κ3) is 3.90. The van der Waals surface area contributed by atoms with E-state index in [0.717, 1.165) is 18.3 Å². The molecule has 0 saturated heterocycles. The molecule has 0 aromatic carbocycles. The Kier molecular flexibility index (Phi) is 4.52. The molecule has 7 heteroatoms. The van der Waals surface area contributed by atoms with Crippen LogP contribution in [0.4, 0.5) is 19.0 Å². The molecule has 4 nitrogen and oxygen atoms in total. The number of hydrogen-bond donors (Lipinski definition) is 1. The number of nitrogens with zero attached hydrogens (tertiary/aromatic N) is 2. The van der Waals surface area contributed by atoms with Gasteiger partial charge < -0.3 is 10.0 Å². The predicted molar refractivity (Wildman–Crippen MR) is 59.4 cm³/mol. The average molecular weight is 262 g/mol. The first kappa shape index (κ1) is 14.3. The quantitative estimate of drug-likeness (QED) is 0.885. The Bertz CT molecular complexity index is 421. The number of carboxylic acid groups (broad SMARTS) is 1. The molecule has 0 unspecified atom stereocenters. The summed E-state index contributed by atoms with van der Waals surface area (Å²) in [6, 6.07) is 1.81. The van der Waals surface area contributed by atoms with Crippen LogP contribution in [-0.2, 0) is 11.0 Å². The number of aromatic nitrogens is 1. The molecular formula is C11H13F3N2O2. The minimum atomic E-state index is -4.43. The summed E-state index contributed by atoms with van der Waals surface area (Å²) in [6.45, 7) is 2.24. The van der Waals surface area contributed by atoms with Crippen LogP contribution < -0.4 is 4.90 Å². The number of hydrogen-bond acceptors (Lipinski definition) is 3. The van der Waals surface area contributed by atoms with Crippen LogP contribution in [0.2, 0.25) is 0 Å². The van der Waals surface area contributed by atoms with Gasteiger partial charge in [0.2, 0.25) is 0 Å². The Morgan fingerprint density at radius 1 is 1.50 bits per heavy atom. The summed E-state index contributed by atoms with van der Waals surface area (Å²) in [5.41, 5.74) is -0.790. The fourth-order valence-corrected chi connectivity index (χ4v) is 1.43. The molecule has 0 saturated carbocycles. The molecule has 0 spiro atoms. The van der Waals surface area contributed by atoms with Crippen molar-refractivity contribution >= 4 is 11.8 Å². The predicted octanol–water partition coefficient (Wildman–Crippen LogP) is 2.40. The van der Waals surface area contributed by atoms with Gasteiger partial charge in [-0.05, 0) is 19.1 Å². The van der Waals surface area contributed by atoms with E-state index in [9.17, 15) is 18.0 Å². The number of carboxylic acids is 1. The Labute approximate surface area is 102 Å². The molecule has 0 aliphatic heterocycles. The van der Waals surface area contributed by atoms with Gasteiger partial charge in [0, 0.05) is 19.3 Å². The Morgan fingerprint density at radius 2 is 2.17 bits per heavy atom. The maximum atomic E-state index is 12.5. The van der Waals surface area contributed by atoms with Crippen molar-refractivity contribution in [3.8, 4) is 0 Å². The smallest absolute Gasteiger partial charge is 0.416 e. The molecule has 0 radical (unpaired) electrons. The molecule has 0 aliphatic carbocycles. The maximum Gasteiger partial charge on any atom is 0.416 e. The molecule has 18 heavy (non-hydrogen) atoms. The van der Waals surface area contributed by atoms with Crippen molar-refractivity contribution in [2.24, 2.45) is 0 Å². The summed E-state index contributed by atoms with van der Waals surface area (Å²) >= 11 is 0. The van der Waals surface area contributed by atoms with Crippen molar-refractivity contribution in [1.82, 2.24) is 4.98 Å². The molecule has 1 aromatic heterocycles. The van der Waals surface area contributed by atoms with Gasteiger partial charge >= 0.3 is 12.1 Å². The van der Waals surface area contributed by atoms with Crippen LogP contribution in [0.1, 0.15) is 18.9 Å². The van der Waals surface area contributed by atoms with Crippen LogP contribution >= 0.6 is 0 Å². The standard InChI is InChI=1S/C11H13F3N2O2/c1-2-16(6-4-10(17)18)9-7-8(3-5-15-9)11(12,13)14/h3,5,7H,2,4,6H2,1H3,(H,17,18). The first-order chi connectivity index (χ1) is 8.34. The van der Waals surface area contributed by atoms with Crippen LogP contribution in [0, 0.1) is 0 Å². The topological polar surface area (TPSA) is 53.4 Å². The van der Waals surface area contributed by atoms with Crippen LogP contribution in [0.15, 0.2) is 18.3 Å². The van der Waals surface area contributed by atoms with E-state index in [4.69, 9.17) is 5.11 Å². The lowest BCUT2D eigenvalue weighted by Gasteiger charge is -2.21. The second kappa shape index (κ2) is 5.70. The van der Waals surface area contributed by atoms with Crippen LogP contribution in [0.5, 0.6) is 0 Å². The van der Waals surface area contributed by atoms with Gasteiger partial charge in [-0.1, -0.05) is 0 Å². The highest BCUT2D eigenvalue weighted by molar-refractivity contribution is 5.67. The molecule has 1 aromatic rings. The lowest BCUT2D eigenvalue weighted by Crippen LogP contribution is -2.27. The normalized spacial score (nSPS) is 11.3. The third-order valence-corrected chi connectivity index (χ3v) is 2.37. The lowest BCUT2D eigenvalue weighted by atomic mass is 10.2. The van der Waals surface area contributed by atoms with Crippen molar-refractivity contribution in [2.45, 2.75) is 19.5 Å². The highest BCUT2D eigenvalue weighted by Gasteiger charge is 2.31. The molecule has 0 amide bonds. The van der Waals surface area contributed by atoms with Gasteiger partial charge in [-0.15, -0.1) is 0 Å².